The number of hydrogen-bond donors (Lipinski definition) is 1. The molecule has 0 aliphatic rings. The minimum Gasteiger partial charge on any atom is -0.491 e. The largest absolute Gasteiger partial charge is 0.491 e. The molecule has 0 radical (unpaired) electrons. The lowest BCUT2D eigenvalue weighted by atomic mass is 10.3. The lowest BCUT2D eigenvalue weighted by molar-refractivity contribution is -0.141. The van der Waals surface area contributed by atoms with Gasteiger partial charge in [-0.15, -0.1) is 0 Å². The van der Waals surface area contributed by atoms with Gasteiger partial charge in [0.05, 0.1) is 6.04 Å². The van der Waals surface area contributed by atoms with Crippen LogP contribution in [0.2, 0.25) is 0 Å². The molecule has 0 aliphatic heterocycles. The Morgan fingerprint density at radius 2 is 1.96 bits per heavy atom. The van der Waals surface area contributed by atoms with Crippen molar-refractivity contribution in [1.82, 2.24) is 19.6 Å². The van der Waals surface area contributed by atoms with Crippen molar-refractivity contribution in [3.8, 4) is 5.75 Å². The summed E-state index contributed by atoms with van der Waals surface area (Å²) in [5.41, 5.74) is -1.07. The van der Waals surface area contributed by atoms with Gasteiger partial charge in [-0.3, -0.25) is 0 Å². The van der Waals surface area contributed by atoms with E-state index in [1.54, 1.807) is 6.92 Å². The van der Waals surface area contributed by atoms with Crippen LogP contribution < -0.4 is 10.1 Å². The van der Waals surface area contributed by atoms with Crippen LogP contribution in [0, 0.1) is 5.82 Å². The Kier molecular flexibility index (Phi) is 4.43. The van der Waals surface area contributed by atoms with E-state index in [1.807, 2.05) is 0 Å². The van der Waals surface area contributed by atoms with Gasteiger partial charge in [0.15, 0.2) is 5.69 Å². The number of hydrogen-bond acceptors (Lipinski definition) is 5. The van der Waals surface area contributed by atoms with Crippen LogP contribution in [-0.2, 0) is 6.18 Å². The zero-order valence-electron chi connectivity index (χ0n) is 13.0. The van der Waals surface area contributed by atoms with E-state index in [0.29, 0.717) is 5.75 Å². The number of fused-ring (bicyclic) bond motifs is 1. The second-order valence-electron chi connectivity index (χ2n) is 5.31. The molecule has 1 unspecified atom stereocenters. The Morgan fingerprint density at radius 1 is 1.24 bits per heavy atom. The molecule has 25 heavy (non-hydrogen) atoms. The summed E-state index contributed by atoms with van der Waals surface area (Å²) in [4.78, 5) is 7.13. The number of alkyl halides is 3. The molecule has 0 aliphatic carbocycles. The molecule has 1 N–H and O–H groups in total. The van der Waals surface area contributed by atoms with Gasteiger partial charge >= 0.3 is 6.18 Å². The lowest BCUT2D eigenvalue weighted by Crippen LogP contribution is -2.25. The lowest BCUT2D eigenvalue weighted by Gasteiger charge is -2.17. The highest BCUT2D eigenvalue weighted by Gasteiger charge is 2.34. The summed E-state index contributed by atoms with van der Waals surface area (Å²) in [7, 11) is 0. The Morgan fingerprint density at radius 3 is 2.64 bits per heavy atom. The Labute approximate surface area is 139 Å². The smallest absolute Gasteiger partial charge is 0.433 e. The van der Waals surface area contributed by atoms with Crippen LogP contribution in [0.5, 0.6) is 5.75 Å². The molecule has 1 atom stereocenters. The second kappa shape index (κ2) is 6.54. The predicted molar refractivity (Wildman–Crippen MR) is 80.8 cm³/mol. The zero-order valence-corrected chi connectivity index (χ0v) is 13.0. The Balaban J connectivity index is 1.75. The molecule has 0 spiro atoms. The van der Waals surface area contributed by atoms with E-state index >= 15 is 0 Å². The molecule has 6 nitrogen and oxygen atoms in total. The standard InChI is InChI=1S/C15H13F4N5O/c1-9(7-25-11-4-2-10(16)3-5-11)22-13-6-12(15(17,18)19)23-14-20-8-21-24(13)14/h2-6,8-9,22H,7H2,1H3. The van der Waals surface area contributed by atoms with Crippen LogP contribution in [0.4, 0.5) is 23.4 Å². The Hall–Kier alpha value is -2.91. The first-order valence-corrected chi connectivity index (χ1v) is 7.26. The van der Waals surface area contributed by atoms with E-state index in [0.717, 1.165) is 12.4 Å². The molecular weight excluding hydrogens is 342 g/mol. The van der Waals surface area contributed by atoms with Crippen molar-refractivity contribution in [2.45, 2.75) is 19.1 Å². The minimum absolute atomic E-state index is 0.0880. The predicted octanol–water partition coefficient (Wildman–Crippen LogP) is 3.16. The van der Waals surface area contributed by atoms with Crippen molar-refractivity contribution >= 4 is 11.6 Å². The zero-order chi connectivity index (χ0) is 18.0. The molecule has 3 aromatic rings. The topological polar surface area (TPSA) is 64.3 Å². The van der Waals surface area contributed by atoms with Gasteiger partial charge in [0.25, 0.3) is 5.78 Å². The number of aromatic nitrogens is 4. The van der Waals surface area contributed by atoms with Crippen LogP contribution in [0.25, 0.3) is 5.78 Å². The fraction of sp³-hybridized carbons (Fsp3) is 0.267. The molecule has 3 rings (SSSR count). The number of halogens is 4. The van der Waals surface area contributed by atoms with Crippen LogP contribution in [0.3, 0.4) is 0 Å². The number of ether oxygens (including phenoxy) is 1. The van der Waals surface area contributed by atoms with Crippen molar-refractivity contribution < 1.29 is 22.3 Å². The van der Waals surface area contributed by atoms with Crippen molar-refractivity contribution in [1.29, 1.82) is 0 Å². The number of anilines is 1. The highest BCUT2D eigenvalue weighted by atomic mass is 19.4. The first kappa shape index (κ1) is 16.9. The van der Waals surface area contributed by atoms with Crippen molar-refractivity contribution in [3.05, 3.63) is 48.2 Å². The first-order valence-electron chi connectivity index (χ1n) is 7.26. The van der Waals surface area contributed by atoms with Crippen molar-refractivity contribution in [3.63, 3.8) is 0 Å². The van der Waals surface area contributed by atoms with Crippen molar-refractivity contribution in [2.24, 2.45) is 0 Å². The third kappa shape index (κ3) is 3.95. The second-order valence-corrected chi connectivity index (χ2v) is 5.31. The third-order valence-electron chi connectivity index (χ3n) is 3.25. The van der Waals surface area contributed by atoms with Gasteiger partial charge in [-0.1, -0.05) is 0 Å². The fourth-order valence-electron chi connectivity index (χ4n) is 2.11. The monoisotopic (exact) mass is 355 g/mol. The first-order chi connectivity index (χ1) is 11.8. The average Bonchev–Trinajstić information content (AvgIpc) is 3.02. The molecule has 1 aromatic carbocycles. The summed E-state index contributed by atoms with van der Waals surface area (Å²) in [5.74, 6) is -0.00997. The van der Waals surface area contributed by atoms with Gasteiger partial charge in [0.2, 0.25) is 0 Å². The number of benzene rings is 1. The van der Waals surface area contributed by atoms with E-state index in [2.05, 4.69) is 20.4 Å². The summed E-state index contributed by atoms with van der Waals surface area (Å²) in [6.45, 7) is 1.87. The van der Waals surface area contributed by atoms with Gasteiger partial charge in [0.1, 0.15) is 30.3 Å². The molecule has 0 fully saturated rings. The highest BCUT2D eigenvalue weighted by Crippen LogP contribution is 2.29. The fourth-order valence-corrected chi connectivity index (χ4v) is 2.11. The highest BCUT2D eigenvalue weighted by molar-refractivity contribution is 5.46. The molecule has 132 valence electrons. The maximum Gasteiger partial charge on any atom is 0.433 e. The molecule has 0 saturated carbocycles. The van der Waals surface area contributed by atoms with Crippen molar-refractivity contribution in [2.75, 3.05) is 11.9 Å². The maximum atomic E-state index is 12.9. The quantitative estimate of drug-likeness (QED) is 0.713. The molecule has 10 heteroatoms. The molecule has 0 bridgehead atoms. The van der Waals surface area contributed by atoms with Gasteiger partial charge in [-0.05, 0) is 31.2 Å². The van der Waals surface area contributed by atoms with Gasteiger partial charge in [0, 0.05) is 6.07 Å². The van der Waals surface area contributed by atoms with Gasteiger partial charge < -0.3 is 10.1 Å². The molecule has 2 heterocycles. The van der Waals surface area contributed by atoms with Crippen LogP contribution in [-0.4, -0.2) is 32.2 Å². The van der Waals surface area contributed by atoms with E-state index < -0.39 is 11.9 Å². The van der Waals surface area contributed by atoms with E-state index in [-0.39, 0.29) is 30.1 Å². The maximum absolute atomic E-state index is 12.9. The normalized spacial score (nSPS) is 13.0. The van der Waals surface area contributed by atoms with Crippen LogP contribution >= 0.6 is 0 Å². The SMILES string of the molecule is CC(COc1ccc(F)cc1)Nc1cc(C(F)(F)F)nc2ncnn12. The molecule has 0 saturated heterocycles. The summed E-state index contributed by atoms with van der Waals surface area (Å²) < 4.78 is 58.3. The molecule has 0 amide bonds. The Bertz CT molecular complexity index is 862. The average molecular weight is 355 g/mol. The summed E-state index contributed by atoms with van der Waals surface area (Å²) >= 11 is 0. The minimum atomic E-state index is -4.60. The molecule has 2 aromatic heterocycles. The van der Waals surface area contributed by atoms with Crippen LogP contribution in [0.1, 0.15) is 12.6 Å². The molecular formula is C15H13F4N5O. The van der Waals surface area contributed by atoms with E-state index in [1.165, 1.54) is 28.8 Å². The van der Waals surface area contributed by atoms with Crippen LogP contribution in [0.15, 0.2) is 36.7 Å². The number of rotatable bonds is 5. The summed E-state index contributed by atoms with van der Waals surface area (Å²) in [5, 5.41) is 6.74. The van der Waals surface area contributed by atoms with Gasteiger partial charge in [-0.25, -0.2) is 9.37 Å². The van der Waals surface area contributed by atoms with E-state index in [9.17, 15) is 17.6 Å². The van der Waals surface area contributed by atoms with E-state index in [4.69, 9.17) is 4.74 Å². The number of nitrogens with one attached hydrogen (secondary N) is 1. The third-order valence-corrected chi connectivity index (χ3v) is 3.25. The number of nitrogens with zero attached hydrogens (tertiary/aromatic N) is 4. The summed E-state index contributed by atoms with van der Waals surface area (Å²) in [6, 6.07) is 5.93. The van der Waals surface area contributed by atoms with Gasteiger partial charge in [-0.2, -0.15) is 27.8 Å². The summed E-state index contributed by atoms with van der Waals surface area (Å²) in [6.07, 6.45) is -3.48.